The molecular weight excluding hydrogens is 298 g/mol. The average molecular weight is 319 g/mol. The molecule has 2 nitrogen and oxygen atoms in total. The average Bonchev–Trinajstić information content (AvgIpc) is 2.98. The zero-order chi connectivity index (χ0) is 15.2. The minimum atomic E-state index is -0.0881. The standard InChI is InChI=1S/C17H21NOS2/c1-12(2)14-6-8-15(9-7-14)21-13(3)17(19)18-11-16-5-4-10-20-16/h4-10,12-13H,11H2,1-3H3,(H,18,19)/t13-/m0/s1. The summed E-state index contributed by atoms with van der Waals surface area (Å²) in [5, 5.41) is 4.92. The fraction of sp³-hybridized carbons (Fsp3) is 0.353. The van der Waals surface area contributed by atoms with E-state index in [1.165, 1.54) is 10.4 Å². The lowest BCUT2D eigenvalue weighted by Gasteiger charge is -2.12. The third kappa shape index (κ3) is 4.90. The maximum absolute atomic E-state index is 12.1. The first-order chi connectivity index (χ1) is 10.1. The number of benzene rings is 1. The van der Waals surface area contributed by atoms with Crippen molar-refractivity contribution in [3.8, 4) is 0 Å². The van der Waals surface area contributed by atoms with Crippen molar-refractivity contribution in [2.45, 2.75) is 43.4 Å². The Hall–Kier alpha value is -1.26. The first-order valence-electron chi connectivity index (χ1n) is 7.13. The summed E-state index contributed by atoms with van der Waals surface area (Å²) in [6, 6.07) is 12.5. The quantitative estimate of drug-likeness (QED) is 0.784. The summed E-state index contributed by atoms with van der Waals surface area (Å²) in [6.45, 7) is 6.93. The van der Waals surface area contributed by atoms with Gasteiger partial charge in [-0.15, -0.1) is 23.1 Å². The van der Waals surface area contributed by atoms with Gasteiger partial charge in [0, 0.05) is 9.77 Å². The van der Waals surface area contributed by atoms with Crippen molar-refractivity contribution in [2.24, 2.45) is 0 Å². The Labute approximate surface area is 135 Å². The van der Waals surface area contributed by atoms with Crippen LogP contribution < -0.4 is 5.32 Å². The van der Waals surface area contributed by atoms with E-state index in [4.69, 9.17) is 0 Å². The van der Waals surface area contributed by atoms with Crippen LogP contribution in [0.4, 0.5) is 0 Å². The largest absolute Gasteiger partial charge is 0.350 e. The SMILES string of the molecule is CC(C)c1ccc(S[C@@H](C)C(=O)NCc2cccs2)cc1. The maximum Gasteiger partial charge on any atom is 0.233 e. The Morgan fingerprint density at radius 2 is 1.90 bits per heavy atom. The Bertz CT molecular complexity index is 561. The topological polar surface area (TPSA) is 29.1 Å². The van der Waals surface area contributed by atoms with Crippen LogP contribution in [0.25, 0.3) is 0 Å². The van der Waals surface area contributed by atoms with Gasteiger partial charge in [0.25, 0.3) is 0 Å². The molecule has 1 amide bonds. The molecule has 1 N–H and O–H groups in total. The van der Waals surface area contributed by atoms with Crippen LogP contribution in [0.2, 0.25) is 0 Å². The number of carbonyl (C=O) groups is 1. The molecule has 1 aromatic carbocycles. The predicted octanol–water partition coefficient (Wildman–Crippen LogP) is 4.67. The molecule has 2 aromatic rings. The fourth-order valence-corrected chi connectivity index (χ4v) is 3.46. The van der Waals surface area contributed by atoms with E-state index in [1.54, 1.807) is 23.1 Å². The van der Waals surface area contributed by atoms with Gasteiger partial charge in [-0.3, -0.25) is 4.79 Å². The van der Waals surface area contributed by atoms with Gasteiger partial charge in [-0.05, 0) is 42.0 Å². The van der Waals surface area contributed by atoms with E-state index in [0.29, 0.717) is 12.5 Å². The van der Waals surface area contributed by atoms with E-state index in [-0.39, 0.29) is 11.2 Å². The van der Waals surface area contributed by atoms with Crippen LogP contribution in [0.15, 0.2) is 46.7 Å². The molecule has 0 aliphatic rings. The number of nitrogens with one attached hydrogen (secondary N) is 1. The van der Waals surface area contributed by atoms with E-state index < -0.39 is 0 Å². The van der Waals surface area contributed by atoms with Crippen molar-refractivity contribution in [2.75, 3.05) is 0 Å². The second-order valence-electron chi connectivity index (χ2n) is 5.28. The molecule has 0 saturated heterocycles. The lowest BCUT2D eigenvalue weighted by molar-refractivity contribution is -0.120. The number of carbonyl (C=O) groups excluding carboxylic acids is 1. The third-order valence-electron chi connectivity index (χ3n) is 3.25. The predicted molar refractivity (Wildman–Crippen MR) is 92.0 cm³/mol. The van der Waals surface area contributed by atoms with E-state index in [9.17, 15) is 4.79 Å². The molecule has 1 heterocycles. The number of thioether (sulfide) groups is 1. The van der Waals surface area contributed by atoms with Gasteiger partial charge in [0.05, 0.1) is 11.8 Å². The highest BCUT2D eigenvalue weighted by Crippen LogP contribution is 2.25. The number of hydrogen-bond acceptors (Lipinski definition) is 3. The highest BCUT2D eigenvalue weighted by atomic mass is 32.2. The van der Waals surface area contributed by atoms with E-state index in [1.807, 2.05) is 24.4 Å². The summed E-state index contributed by atoms with van der Waals surface area (Å²) in [5.41, 5.74) is 1.33. The molecular formula is C17H21NOS2. The molecule has 2 rings (SSSR count). The van der Waals surface area contributed by atoms with Crippen LogP contribution in [0.5, 0.6) is 0 Å². The van der Waals surface area contributed by atoms with Gasteiger partial charge in [0.1, 0.15) is 0 Å². The van der Waals surface area contributed by atoms with Crippen molar-refractivity contribution in [3.63, 3.8) is 0 Å². The first kappa shape index (κ1) is 16.1. The smallest absolute Gasteiger partial charge is 0.233 e. The molecule has 1 atom stereocenters. The first-order valence-corrected chi connectivity index (χ1v) is 8.89. The molecule has 0 spiro atoms. The van der Waals surface area contributed by atoms with E-state index >= 15 is 0 Å². The minimum absolute atomic E-state index is 0.0846. The molecule has 4 heteroatoms. The van der Waals surface area contributed by atoms with Crippen LogP contribution in [-0.4, -0.2) is 11.2 Å². The molecule has 0 unspecified atom stereocenters. The van der Waals surface area contributed by atoms with Crippen molar-refractivity contribution >= 4 is 29.0 Å². The molecule has 1 aromatic heterocycles. The van der Waals surface area contributed by atoms with Crippen LogP contribution in [0.1, 0.15) is 37.1 Å². The molecule has 0 bridgehead atoms. The molecule has 0 aliphatic heterocycles. The summed E-state index contributed by atoms with van der Waals surface area (Å²) in [7, 11) is 0. The van der Waals surface area contributed by atoms with Crippen molar-refractivity contribution in [1.82, 2.24) is 5.32 Å². The Morgan fingerprint density at radius 1 is 1.19 bits per heavy atom. The van der Waals surface area contributed by atoms with Gasteiger partial charge in [-0.25, -0.2) is 0 Å². The van der Waals surface area contributed by atoms with Crippen molar-refractivity contribution in [1.29, 1.82) is 0 Å². The normalized spacial score (nSPS) is 12.4. The molecule has 0 saturated carbocycles. The fourth-order valence-electron chi connectivity index (χ4n) is 1.92. The second-order valence-corrected chi connectivity index (χ2v) is 7.73. The summed E-state index contributed by atoms with van der Waals surface area (Å²) in [6.07, 6.45) is 0. The summed E-state index contributed by atoms with van der Waals surface area (Å²) in [4.78, 5) is 14.4. The van der Waals surface area contributed by atoms with Gasteiger partial charge in [0.2, 0.25) is 5.91 Å². The number of thiophene rings is 1. The van der Waals surface area contributed by atoms with Crippen LogP contribution in [-0.2, 0) is 11.3 Å². The number of rotatable bonds is 6. The van der Waals surface area contributed by atoms with Gasteiger partial charge in [0.15, 0.2) is 0 Å². The molecule has 21 heavy (non-hydrogen) atoms. The zero-order valence-electron chi connectivity index (χ0n) is 12.6. The van der Waals surface area contributed by atoms with Gasteiger partial charge in [-0.2, -0.15) is 0 Å². The van der Waals surface area contributed by atoms with Crippen molar-refractivity contribution in [3.05, 3.63) is 52.2 Å². The number of amides is 1. The Morgan fingerprint density at radius 3 is 2.48 bits per heavy atom. The summed E-state index contributed by atoms with van der Waals surface area (Å²) in [5.74, 6) is 0.622. The third-order valence-corrected chi connectivity index (χ3v) is 5.23. The lowest BCUT2D eigenvalue weighted by atomic mass is 10.0. The lowest BCUT2D eigenvalue weighted by Crippen LogP contribution is -2.30. The van der Waals surface area contributed by atoms with E-state index in [0.717, 1.165) is 4.90 Å². The highest BCUT2D eigenvalue weighted by molar-refractivity contribution is 8.00. The Kier molecular flexibility index (Phi) is 5.88. The molecule has 0 radical (unpaired) electrons. The number of hydrogen-bond donors (Lipinski definition) is 1. The highest BCUT2D eigenvalue weighted by Gasteiger charge is 2.14. The van der Waals surface area contributed by atoms with Gasteiger partial charge in [-0.1, -0.05) is 32.0 Å². The Balaban J connectivity index is 1.85. The van der Waals surface area contributed by atoms with Gasteiger partial charge < -0.3 is 5.32 Å². The van der Waals surface area contributed by atoms with Crippen LogP contribution in [0, 0.1) is 0 Å². The van der Waals surface area contributed by atoms with Crippen LogP contribution in [0.3, 0.4) is 0 Å². The molecule has 0 fully saturated rings. The molecule has 112 valence electrons. The van der Waals surface area contributed by atoms with Gasteiger partial charge >= 0.3 is 0 Å². The summed E-state index contributed by atoms with van der Waals surface area (Å²) >= 11 is 3.26. The molecule has 0 aliphatic carbocycles. The maximum atomic E-state index is 12.1. The van der Waals surface area contributed by atoms with E-state index in [2.05, 4.69) is 43.4 Å². The zero-order valence-corrected chi connectivity index (χ0v) is 14.3. The minimum Gasteiger partial charge on any atom is -0.350 e. The second kappa shape index (κ2) is 7.66. The van der Waals surface area contributed by atoms with Crippen molar-refractivity contribution < 1.29 is 4.79 Å². The van der Waals surface area contributed by atoms with Crippen LogP contribution >= 0.6 is 23.1 Å². The summed E-state index contributed by atoms with van der Waals surface area (Å²) < 4.78 is 0. The monoisotopic (exact) mass is 319 g/mol.